The Balaban J connectivity index is 1.92. The number of carbonyl (C=O) groups excluding carboxylic acids is 1. The molecule has 1 fully saturated rings. The van der Waals surface area contributed by atoms with Crippen LogP contribution in [0, 0.1) is 0 Å². The van der Waals surface area contributed by atoms with Gasteiger partial charge in [0.1, 0.15) is 5.75 Å². The zero-order chi connectivity index (χ0) is 13.7. The quantitative estimate of drug-likeness (QED) is 0.831. The van der Waals surface area contributed by atoms with Crippen molar-refractivity contribution in [1.82, 2.24) is 5.32 Å². The molecule has 19 heavy (non-hydrogen) atoms. The summed E-state index contributed by atoms with van der Waals surface area (Å²) in [5.74, 6) is 4.02. The van der Waals surface area contributed by atoms with Crippen LogP contribution in [0.2, 0.25) is 0 Å². The van der Waals surface area contributed by atoms with Gasteiger partial charge in [0, 0.05) is 40.8 Å². The summed E-state index contributed by atoms with van der Waals surface area (Å²) in [5, 5.41) is 3.46. The molecule has 0 aliphatic carbocycles. The molecule has 1 saturated heterocycles. The monoisotopic (exact) mass is 298 g/mol. The number of methoxy groups -OCH3 is 1. The first-order valence-corrected chi connectivity index (χ1v) is 8.32. The van der Waals surface area contributed by atoms with Crippen LogP contribution in [0.15, 0.2) is 18.2 Å². The number of nitrogens with two attached hydrogens (primary N) is 1. The van der Waals surface area contributed by atoms with Crippen molar-refractivity contribution in [3.63, 3.8) is 0 Å². The van der Waals surface area contributed by atoms with E-state index in [1.165, 1.54) is 5.75 Å². The molecule has 0 radical (unpaired) electrons. The summed E-state index contributed by atoms with van der Waals surface area (Å²) < 4.78 is 5.07. The molecule has 1 unspecified atom stereocenters. The Morgan fingerprint density at radius 2 is 2.37 bits per heavy atom. The molecule has 1 heterocycles. The number of nitrogen functional groups attached to an aromatic ring is 1. The average molecular weight is 298 g/mol. The minimum Gasteiger partial charge on any atom is -0.497 e. The van der Waals surface area contributed by atoms with E-state index in [2.05, 4.69) is 5.32 Å². The van der Waals surface area contributed by atoms with Crippen LogP contribution >= 0.6 is 23.5 Å². The molecule has 1 amide bonds. The van der Waals surface area contributed by atoms with Crippen molar-refractivity contribution in [2.24, 2.45) is 0 Å². The summed E-state index contributed by atoms with van der Waals surface area (Å²) in [5.41, 5.74) is 6.81. The van der Waals surface area contributed by atoms with E-state index >= 15 is 0 Å². The van der Waals surface area contributed by atoms with Crippen LogP contribution in [0.1, 0.15) is 10.4 Å². The Kier molecular flexibility index (Phi) is 5.27. The fourth-order valence-corrected chi connectivity index (χ4v) is 4.44. The molecule has 0 aromatic heterocycles. The number of rotatable bonds is 4. The summed E-state index contributed by atoms with van der Waals surface area (Å²) in [6.45, 7) is 0.696. The lowest BCUT2D eigenvalue weighted by molar-refractivity contribution is 0.0955. The minimum atomic E-state index is -0.115. The molecule has 1 atom stereocenters. The first-order chi connectivity index (χ1) is 9.20. The normalized spacial score (nSPS) is 18.9. The van der Waals surface area contributed by atoms with Crippen LogP contribution in [0.5, 0.6) is 5.75 Å². The lowest BCUT2D eigenvalue weighted by Gasteiger charge is -2.21. The SMILES string of the molecule is COc1ccc(C(=O)NCC2CSCCS2)c(N)c1. The first-order valence-electron chi connectivity index (χ1n) is 6.11. The van der Waals surface area contributed by atoms with Gasteiger partial charge in [-0.25, -0.2) is 0 Å². The molecule has 1 aliphatic rings. The zero-order valence-electron chi connectivity index (χ0n) is 10.8. The summed E-state index contributed by atoms with van der Waals surface area (Å²) in [6, 6.07) is 5.11. The molecule has 1 aliphatic heterocycles. The van der Waals surface area contributed by atoms with Gasteiger partial charge in [-0.1, -0.05) is 0 Å². The van der Waals surface area contributed by atoms with E-state index in [1.54, 1.807) is 25.3 Å². The number of nitrogens with one attached hydrogen (secondary N) is 1. The van der Waals surface area contributed by atoms with Gasteiger partial charge in [-0.15, -0.1) is 0 Å². The minimum absolute atomic E-state index is 0.115. The second-order valence-corrected chi connectivity index (χ2v) is 6.79. The number of hydrogen-bond acceptors (Lipinski definition) is 5. The highest BCUT2D eigenvalue weighted by molar-refractivity contribution is 8.06. The van der Waals surface area contributed by atoms with Crippen LogP contribution in [0.3, 0.4) is 0 Å². The van der Waals surface area contributed by atoms with Crippen LogP contribution in [0.4, 0.5) is 5.69 Å². The summed E-state index contributed by atoms with van der Waals surface area (Å²) in [4.78, 5) is 12.1. The number of thioether (sulfide) groups is 2. The lowest BCUT2D eigenvalue weighted by Crippen LogP contribution is -2.33. The number of ether oxygens (including phenoxy) is 1. The molecular formula is C13H18N2O2S2. The molecular weight excluding hydrogens is 280 g/mol. The zero-order valence-corrected chi connectivity index (χ0v) is 12.5. The topological polar surface area (TPSA) is 64.3 Å². The van der Waals surface area contributed by atoms with E-state index in [0.717, 1.165) is 11.5 Å². The Labute approximate surface area is 121 Å². The number of amides is 1. The molecule has 1 aromatic rings. The molecule has 3 N–H and O–H groups in total. The summed E-state index contributed by atoms with van der Waals surface area (Å²) in [7, 11) is 1.58. The van der Waals surface area contributed by atoms with E-state index in [0.29, 0.717) is 28.8 Å². The van der Waals surface area contributed by atoms with Gasteiger partial charge < -0.3 is 15.8 Å². The Hall–Kier alpha value is -1.01. The van der Waals surface area contributed by atoms with Crippen LogP contribution in [-0.2, 0) is 0 Å². The van der Waals surface area contributed by atoms with Crippen molar-refractivity contribution in [3.05, 3.63) is 23.8 Å². The third-order valence-corrected chi connectivity index (χ3v) is 5.72. The summed E-state index contributed by atoms with van der Waals surface area (Å²) in [6.07, 6.45) is 0. The summed E-state index contributed by atoms with van der Waals surface area (Å²) >= 11 is 3.87. The van der Waals surface area contributed by atoms with E-state index < -0.39 is 0 Å². The van der Waals surface area contributed by atoms with Crippen molar-refractivity contribution in [2.75, 3.05) is 36.6 Å². The van der Waals surface area contributed by atoms with E-state index in [-0.39, 0.29) is 5.91 Å². The molecule has 0 spiro atoms. The predicted molar refractivity (Wildman–Crippen MR) is 83.3 cm³/mol. The maximum atomic E-state index is 12.1. The maximum Gasteiger partial charge on any atom is 0.253 e. The molecule has 0 bridgehead atoms. The second kappa shape index (κ2) is 6.96. The average Bonchev–Trinajstić information content (AvgIpc) is 2.45. The predicted octanol–water partition coefficient (Wildman–Crippen LogP) is 1.86. The smallest absolute Gasteiger partial charge is 0.253 e. The fraction of sp³-hybridized carbons (Fsp3) is 0.462. The highest BCUT2D eigenvalue weighted by Crippen LogP contribution is 2.24. The van der Waals surface area contributed by atoms with Crippen LogP contribution in [-0.4, -0.2) is 42.1 Å². The van der Waals surface area contributed by atoms with Crippen molar-refractivity contribution < 1.29 is 9.53 Å². The standard InChI is InChI=1S/C13H18N2O2S2/c1-17-9-2-3-11(12(14)6-9)13(16)15-7-10-8-18-4-5-19-10/h2-3,6,10H,4-5,7-8,14H2,1H3,(H,15,16). The Bertz CT molecular complexity index is 448. The van der Waals surface area contributed by atoms with Gasteiger partial charge >= 0.3 is 0 Å². The largest absolute Gasteiger partial charge is 0.497 e. The van der Waals surface area contributed by atoms with E-state index in [4.69, 9.17) is 10.5 Å². The van der Waals surface area contributed by atoms with Crippen molar-refractivity contribution in [3.8, 4) is 5.75 Å². The molecule has 2 rings (SSSR count). The third kappa shape index (κ3) is 3.98. The Morgan fingerprint density at radius 1 is 1.53 bits per heavy atom. The third-order valence-electron chi connectivity index (χ3n) is 2.88. The van der Waals surface area contributed by atoms with Crippen molar-refractivity contribution >= 4 is 35.1 Å². The second-order valence-electron chi connectivity index (χ2n) is 4.23. The molecule has 4 nitrogen and oxygen atoms in total. The van der Waals surface area contributed by atoms with Crippen molar-refractivity contribution in [1.29, 1.82) is 0 Å². The van der Waals surface area contributed by atoms with Crippen LogP contribution in [0.25, 0.3) is 0 Å². The molecule has 0 saturated carbocycles. The Morgan fingerprint density at radius 3 is 3.00 bits per heavy atom. The fourth-order valence-electron chi connectivity index (χ4n) is 1.83. The van der Waals surface area contributed by atoms with Gasteiger partial charge in [-0.05, 0) is 12.1 Å². The van der Waals surface area contributed by atoms with Gasteiger partial charge in [-0.2, -0.15) is 23.5 Å². The number of carbonyl (C=O) groups is 1. The van der Waals surface area contributed by atoms with E-state index in [1.807, 2.05) is 23.5 Å². The first kappa shape index (κ1) is 14.4. The van der Waals surface area contributed by atoms with Gasteiger partial charge in [0.05, 0.1) is 12.7 Å². The number of benzene rings is 1. The highest BCUT2D eigenvalue weighted by Gasteiger charge is 2.16. The highest BCUT2D eigenvalue weighted by atomic mass is 32.2. The maximum absolute atomic E-state index is 12.1. The van der Waals surface area contributed by atoms with Crippen LogP contribution < -0.4 is 15.8 Å². The number of hydrogen-bond donors (Lipinski definition) is 2. The molecule has 104 valence electrons. The van der Waals surface area contributed by atoms with Gasteiger partial charge in [0.2, 0.25) is 0 Å². The van der Waals surface area contributed by atoms with E-state index in [9.17, 15) is 4.79 Å². The molecule has 1 aromatic carbocycles. The number of anilines is 1. The van der Waals surface area contributed by atoms with Crippen molar-refractivity contribution in [2.45, 2.75) is 5.25 Å². The van der Waals surface area contributed by atoms with Gasteiger partial charge in [0.25, 0.3) is 5.91 Å². The lowest BCUT2D eigenvalue weighted by atomic mass is 10.1. The molecule has 6 heteroatoms. The van der Waals surface area contributed by atoms with Gasteiger partial charge in [0.15, 0.2) is 0 Å². The van der Waals surface area contributed by atoms with Gasteiger partial charge in [-0.3, -0.25) is 4.79 Å².